The molecule has 0 unspecified atom stereocenters. The summed E-state index contributed by atoms with van der Waals surface area (Å²) >= 11 is 0. The Balaban J connectivity index is 1.52. The second-order valence-corrected chi connectivity index (χ2v) is 7.98. The van der Waals surface area contributed by atoms with Gasteiger partial charge in [0.05, 0.1) is 6.54 Å². The molecule has 146 valence electrons. The number of rotatable bonds is 8. The van der Waals surface area contributed by atoms with E-state index in [1.54, 1.807) is 0 Å². The van der Waals surface area contributed by atoms with Gasteiger partial charge in [0.25, 0.3) is 0 Å². The molecular formula is C26H32N2. The Kier molecular flexibility index (Phi) is 6.86. The van der Waals surface area contributed by atoms with Gasteiger partial charge < -0.3 is 5.32 Å². The number of anilines is 1. The first kappa shape index (κ1) is 20.1. The van der Waals surface area contributed by atoms with Crippen LogP contribution in [0, 0.1) is 0 Å². The highest BCUT2D eigenvalue weighted by molar-refractivity contribution is 6.25. The summed E-state index contributed by atoms with van der Waals surface area (Å²) in [6.45, 7) is 9.51. The number of hydrogen-bond donors (Lipinski definition) is 1. The summed E-state index contributed by atoms with van der Waals surface area (Å²) in [4.78, 5) is 4.81. The second kappa shape index (κ2) is 9.54. The van der Waals surface area contributed by atoms with Crippen LogP contribution >= 0.6 is 0 Å². The molecule has 2 nitrogen and oxygen atoms in total. The third kappa shape index (κ3) is 5.22. The smallest absolute Gasteiger partial charge is 0.133 e. The van der Waals surface area contributed by atoms with E-state index >= 15 is 0 Å². The van der Waals surface area contributed by atoms with Gasteiger partial charge in [0.2, 0.25) is 0 Å². The fourth-order valence-corrected chi connectivity index (χ4v) is 3.59. The SMILES string of the molecule is CC(C)=CCCC(C)=CCCC(C)=CCN=C1Nc2cccc3cccc1c23. The van der Waals surface area contributed by atoms with Crippen molar-refractivity contribution in [2.75, 3.05) is 11.9 Å². The number of nitrogens with zero attached hydrogens (tertiary/aromatic N) is 1. The van der Waals surface area contributed by atoms with E-state index in [0.717, 1.165) is 31.6 Å². The van der Waals surface area contributed by atoms with Crippen molar-refractivity contribution < 1.29 is 0 Å². The van der Waals surface area contributed by atoms with E-state index in [4.69, 9.17) is 4.99 Å². The number of hydrogen-bond acceptors (Lipinski definition) is 1. The van der Waals surface area contributed by atoms with Crippen LogP contribution in [0.4, 0.5) is 5.69 Å². The maximum atomic E-state index is 4.81. The lowest BCUT2D eigenvalue weighted by atomic mass is 10.1. The van der Waals surface area contributed by atoms with Crippen molar-refractivity contribution in [1.82, 2.24) is 0 Å². The van der Waals surface area contributed by atoms with Crippen LogP contribution in [0.25, 0.3) is 10.8 Å². The Bertz CT molecular complexity index is 948. The molecule has 0 saturated carbocycles. The molecular weight excluding hydrogens is 340 g/mol. The molecule has 1 aliphatic rings. The zero-order chi connectivity index (χ0) is 19.9. The summed E-state index contributed by atoms with van der Waals surface area (Å²) in [5.41, 5.74) is 6.69. The van der Waals surface area contributed by atoms with Gasteiger partial charge in [-0.2, -0.15) is 0 Å². The molecule has 0 amide bonds. The first-order chi connectivity index (χ1) is 13.5. The summed E-state index contributed by atoms with van der Waals surface area (Å²) < 4.78 is 0. The number of amidine groups is 1. The summed E-state index contributed by atoms with van der Waals surface area (Å²) in [6, 6.07) is 12.8. The Morgan fingerprint density at radius 1 is 0.857 bits per heavy atom. The Labute approximate surface area is 169 Å². The van der Waals surface area contributed by atoms with Gasteiger partial charge in [-0.15, -0.1) is 0 Å². The summed E-state index contributed by atoms with van der Waals surface area (Å²) in [5.74, 6) is 0.992. The lowest BCUT2D eigenvalue weighted by Gasteiger charge is -2.02. The predicted molar refractivity (Wildman–Crippen MR) is 124 cm³/mol. The highest BCUT2D eigenvalue weighted by Gasteiger charge is 2.18. The molecule has 28 heavy (non-hydrogen) atoms. The van der Waals surface area contributed by atoms with Crippen molar-refractivity contribution in [1.29, 1.82) is 0 Å². The van der Waals surface area contributed by atoms with Crippen LogP contribution in [-0.2, 0) is 0 Å². The van der Waals surface area contributed by atoms with E-state index in [1.165, 1.54) is 45.2 Å². The van der Waals surface area contributed by atoms with Crippen molar-refractivity contribution in [3.8, 4) is 0 Å². The van der Waals surface area contributed by atoms with Crippen molar-refractivity contribution in [2.45, 2.75) is 53.4 Å². The molecule has 3 rings (SSSR count). The van der Waals surface area contributed by atoms with Gasteiger partial charge in [0.1, 0.15) is 5.84 Å². The van der Waals surface area contributed by atoms with E-state index in [2.05, 4.69) is 87.6 Å². The molecule has 0 aliphatic carbocycles. The minimum absolute atomic E-state index is 0.724. The summed E-state index contributed by atoms with van der Waals surface area (Å²) in [6.07, 6.45) is 11.5. The minimum Gasteiger partial charge on any atom is -0.339 e. The lowest BCUT2D eigenvalue weighted by molar-refractivity contribution is 0.914. The van der Waals surface area contributed by atoms with Crippen LogP contribution in [0.15, 0.2) is 76.3 Å². The maximum Gasteiger partial charge on any atom is 0.133 e. The van der Waals surface area contributed by atoms with E-state index in [0.29, 0.717) is 0 Å². The molecule has 1 aliphatic heterocycles. The molecule has 0 radical (unpaired) electrons. The average molecular weight is 373 g/mol. The van der Waals surface area contributed by atoms with E-state index in [9.17, 15) is 0 Å². The van der Waals surface area contributed by atoms with Gasteiger partial charge in [-0.25, -0.2) is 0 Å². The summed E-state index contributed by atoms with van der Waals surface area (Å²) in [7, 11) is 0. The standard InChI is InChI=1S/C26H32N2/c1-19(2)9-5-10-20(3)11-6-12-21(4)17-18-27-26-23-15-7-13-22-14-8-16-24(28-26)25(22)23/h7-9,11,13-17H,5-6,10,12,18H2,1-4H3,(H,27,28). The maximum absolute atomic E-state index is 4.81. The first-order valence-corrected chi connectivity index (χ1v) is 10.3. The van der Waals surface area contributed by atoms with Gasteiger partial charge >= 0.3 is 0 Å². The topological polar surface area (TPSA) is 24.4 Å². The molecule has 2 aromatic rings. The molecule has 0 spiro atoms. The third-order valence-corrected chi connectivity index (χ3v) is 5.22. The van der Waals surface area contributed by atoms with Crippen molar-refractivity contribution >= 4 is 22.3 Å². The number of benzene rings is 2. The van der Waals surface area contributed by atoms with Crippen LogP contribution in [0.2, 0.25) is 0 Å². The second-order valence-electron chi connectivity index (χ2n) is 7.98. The van der Waals surface area contributed by atoms with Gasteiger partial charge in [0, 0.05) is 16.6 Å². The number of allylic oxidation sites excluding steroid dienone is 5. The van der Waals surface area contributed by atoms with Crippen molar-refractivity contribution in [2.24, 2.45) is 4.99 Å². The zero-order valence-corrected chi connectivity index (χ0v) is 17.7. The van der Waals surface area contributed by atoms with Crippen LogP contribution in [0.3, 0.4) is 0 Å². The minimum atomic E-state index is 0.724. The molecule has 0 fully saturated rings. The van der Waals surface area contributed by atoms with Gasteiger partial charge in [-0.1, -0.05) is 65.3 Å². The quantitative estimate of drug-likeness (QED) is 0.479. The number of nitrogens with one attached hydrogen (secondary N) is 1. The fraction of sp³-hybridized carbons (Fsp3) is 0.346. The van der Waals surface area contributed by atoms with Crippen molar-refractivity contribution in [3.63, 3.8) is 0 Å². The largest absolute Gasteiger partial charge is 0.339 e. The van der Waals surface area contributed by atoms with Gasteiger partial charge in [0.15, 0.2) is 0 Å². The Morgan fingerprint density at radius 3 is 2.29 bits per heavy atom. The van der Waals surface area contributed by atoms with E-state index in [1.807, 2.05) is 0 Å². The molecule has 0 bridgehead atoms. The molecule has 2 aromatic carbocycles. The van der Waals surface area contributed by atoms with E-state index < -0.39 is 0 Å². The Morgan fingerprint density at radius 2 is 1.54 bits per heavy atom. The highest BCUT2D eigenvalue weighted by atomic mass is 15.0. The third-order valence-electron chi connectivity index (χ3n) is 5.22. The van der Waals surface area contributed by atoms with Gasteiger partial charge in [-0.05, 0) is 64.8 Å². The Hall–Kier alpha value is -2.61. The van der Waals surface area contributed by atoms with Crippen LogP contribution in [0.1, 0.15) is 58.9 Å². The monoisotopic (exact) mass is 372 g/mol. The number of aliphatic imine (C=N–C) groups is 1. The fourth-order valence-electron chi connectivity index (χ4n) is 3.59. The molecule has 1 N–H and O–H groups in total. The van der Waals surface area contributed by atoms with Gasteiger partial charge in [-0.3, -0.25) is 4.99 Å². The molecule has 0 saturated heterocycles. The molecule has 1 heterocycles. The molecule has 0 aromatic heterocycles. The zero-order valence-electron chi connectivity index (χ0n) is 17.7. The van der Waals surface area contributed by atoms with Crippen LogP contribution in [0.5, 0.6) is 0 Å². The highest BCUT2D eigenvalue weighted by Crippen LogP contribution is 2.32. The summed E-state index contributed by atoms with van der Waals surface area (Å²) in [5, 5.41) is 6.03. The van der Waals surface area contributed by atoms with E-state index in [-0.39, 0.29) is 0 Å². The molecule has 2 heteroatoms. The molecule has 0 atom stereocenters. The first-order valence-electron chi connectivity index (χ1n) is 10.3. The van der Waals surface area contributed by atoms with Crippen LogP contribution < -0.4 is 5.32 Å². The van der Waals surface area contributed by atoms with Crippen LogP contribution in [-0.4, -0.2) is 12.4 Å². The normalized spacial score (nSPS) is 15.2. The lowest BCUT2D eigenvalue weighted by Crippen LogP contribution is -2.07. The van der Waals surface area contributed by atoms with Crippen molar-refractivity contribution in [3.05, 3.63) is 76.9 Å². The average Bonchev–Trinajstić information content (AvgIpc) is 3.01. The predicted octanol–water partition coefficient (Wildman–Crippen LogP) is 7.43.